The van der Waals surface area contributed by atoms with E-state index in [2.05, 4.69) is 26.9 Å². The number of rotatable bonds is 2. The molecule has 4 heteroatoms. The van der Waals surface area contributed by atoms with Gasteiger partial charge in [-0.2, -0.15) is 0 Å². The van der Waals surface area contributed by atoms with Crippen LogP contribution in [0.1, 0.15) is 31.7 Å². The zero-order chi connectivity index (χ0) is 13.2. The van der Waals surface area contributed by atoms with Gasteiger partial charge in [-0.25, -0.2) is 0 Å². The van der Waals surface area contributed by atoms with Crippen molar-refractivity contribution >= 4 is 27.5 Å². The van der Waals surface area contributed by atoms with Crippen molar-refractivity contribution in [3.8, 4) is 0 Å². The van der Waals surface area contributed by atoms with Crippen molar-refractivity contribution in [2.75, 3.05) is 13.1 Å². The fourth-order valence-corrected chi connectivity index (χ4v) is 3.10. The molecule has 0 aromatic heterocycles. The molecule has 0 saturated carbocycles. The van der Waals surface area contributed by atoms with Crippen LogP contribution in [0, 0.1) is 0 Å². The summed E-state index contributed by atoms with van der Waals surface area (Å²) in [6.07, 6.45) is 2.76. The molecule has 0 spiro atoms. The normalized spacial score (nSPS) is 26.0. The van der Waals surface area contributed by atoms with Gasteiger partial charge in [-0.1, -0.05) is 33.6 Å². The largest absolute Gasteiger partial charge is 0.390 e. The highest BCUT2D eigenvalue weighted by atomic mass is 79.9. The molecule has 100 valence electrons. The van der Waals surface area contributed by atoms with Crippen LogP contribution < -0.4 is 0 Å². The molecule has 1 atom stereocenters. The minimum Gasteiger partial charge on any atom is -0.390 e. The first-order chi connectivity index (χ1) is 8.46. The van der Waals surface area contributed by atoms with Crippen molar-refractivity contribution in [1.29, 1.82) is 0 Å². The Kier molecular flexibility index (Phi) is 4.70. The summed E-state index contributed by atoms with van der Waals surface area (Å²) in [5, 5.41) is 10.9. The van der Waals surface area contributed by atoms with Crippen molar-refractivity contribution < 1.29 is 5.11 Å². The van der Waals surface area contributed by atoms with Crippen molar-refractivity contribution in [3.05, 3.63) is 33.3 Å². The molecule has 1 unspecified atom stereocenters. The van der Waals surface area contributed by atoms with Gasteiger partial charge in [0.1, 0.15) is 0 Å². The predicted octanol–water partition coefficient (Wildman–Crippen LogP) is 3.84. The van der Waals surface area contributed by atoms with E-state index in [-0.39, 0.29) is 0 Å². The molecule has 18 heavy (non-hydrogen) atoms. The second-order valence-electron chi connectivity index (χ2n) is 5.36. The lowest BCUT2D eigenvalue weighted by Crippen LogP contribution is -2.28. The first-order valence-corrected chi connectivity index (χ1v) is 7.52. The van der Waals surface area contributed by atoms with Gasteiger partial charge in [0.2, 0.25) is 0 Å². The van der Waals surface area contributed by atoms with E-state index in [4.69, 9.17) is 11.6 Å². The molecular formula is C14H19BrClNO. The Morgan fingerprint density at radius 2 is 2.17 bits per heavy atom. The summed E-state index contributed by atoms with van der Waals surface area (Å²) in [5.41, 5.74) is 0.652. The van der Waals surface area contributed by atoms with Crippen LogP contribution in [0.2, 0.25) is 5.02 Å². The van der Waals surface area contributed by atoms with Gasteiger partial charge in [0.05, 0.1) is 5.60 Å². The lowest BCUT2D eigenvalue weighted by molar-refractivity contribution is 0.0444. The Hall–Kier alpha value is -0.0900. The highest BCUT2D eigenvalue weighted by molar-refractivity contribution is 9.10. The molecule has 1 aromatic rings. The van der Waals surface area contributed by atoms with Crippen LogP contribution in [0.25, 0.3) is 0 Å². The molecule has 0 amide bonds. The van der Waals surface area contributed by atoms with Crippen LogP contribution in [-0.4, -0.2) is 28.7 Å². The highest BCUT2D eigenvalue weighted by Crippen LogP contribution is 2.26. The summed E-state index contributed by atoms with van der Waals surface area (Å²) in [5.74, 6) is 0. The molecule has 1 saturated heterocycles. The maximum absolute atomic E-state index is 10.1. The third-order valence-electron chi connectivity index (χ3n) is 3.57. The summed E-state index contributed by atoms with van der Waals surface area (Å²) < 4.78 is 1.01. The predicted molar refractivity (Wildman–Crippen MR) is 78.9 cm³/mol. The summed E-state index contributed by atoms with van der Waals surface area (Å²) in [4.78, 5) is 2.37. The fourth-order valence-electron chi connectivity index (χ4n) is 2.37. The van der Waals surface area contributed by atoms with E-state index in [1.54, 1.807) is 0 Å². The van der Waals surface area contributed by atoms with Crippen molar-refractivity contribution in [2.45, 2.75) is 38.3 Å². The van der Waals surface area contributed by atoms with Crippen LogP contribution in [-0.2, 0) is 6.54 Å². The number of likely N-dealkylation sites (tertiary alicyclic amines) is 1. The van der Waals surface area contributed by atoms with Crippen LogP contribution in [0.15, 0.2) is 22.7 Å². The molecule has 2 rings (SSSR count). The number of nitrogens with zero attached hydrogens (tertiary/aromatic N) is 1. The lowest BCUT2D eigenvalue weighted by Gasteiger charge is -2.22. The van der Waals surface area contributed by atoms with Gasteiger partial charge in [0.25, 0.3) is 0 Å². The third kappa shape index (κ3) is 3.95. The topological polar surface area (TPSA) is 23.5 Å². The highest BCUT2D eigenvalue weighted by Gasteiger charge is 2.25. The molecule has 1 heterocycles. The number of benzene rings is 1. The molecule has 2 nitrogen and oxygen atoms in total. The SMILES string of the molecule is CC1(O)CCCN(Cc2ccc(Br)cc2Cl)CC1. The Balaban J connectivity index is 2.01. The fraction of sp³-hybridized carbons (Fsp3) is 0.571. The first-order valence-electron chi connectivity index (χ1n) is 6.35. The zero-order valence-corrected chi connectivity index (χ0v) is 13.0. The molecule has 0 radical (unpaired) electrons. The van der Waals surface area contributed by atoms with Crippen LogP contribution in [0.5, 0.6) is 0 Å². The van der Waals surface area contributed by atoms with Gasteiger partial charge in [0.15, 0.2) is 0 Å². The van der Waals surface area contributed by atoms with Crippen LogP contribution in [0.4, 0.5) is 0 Å². The minimum absolute atomic E-state index is 0.502. The molecule has 1 N–H and O–H groups in total. The summed E-state index contributed by atoms with van der Waals surface area (Å²) in [6.45, 7) is 4.76. The van der Waals surface area contributed by atoms with E-state index in [9.17, 15) is 5.11 Å². The van der Waals surface area contributed by atoms with Gasteiger partial charge >= 0.3 is 0 Å². The van der Waals surface area contributed by atoms with Crippen LogP contribution in [0.3, 0.4) is 0 Å². The van der Waals surface area contributed by atoms with Crippen molar-refractivity contribution in [3.63, 3.8) is 0 Å². The molecule has 0 bridgehead atoms. The van der Waals surface area contributed by atoms with Crippen molar-refractivity contribution in [1.82, 2.24) is 4.90 Å². The average molecular weight is 333 g/mol. The van der Waals surface area contributed by atoms with E-state index >= 15 is 0 Å². The summed E-state index contributed by atoms with van der Waals surface area (Å²) >= 11 is 9.66. The molecule has 1 aromatic carbocycles. The molecule has 1 aliphatic heterocycles. The zero-order valence-electron chi connectivity index (χ0n) is 10.6. The third-order valence-corrected chi connectivity index (χ3v) is 4.41. The van der Waals surface area contributed by atoms with Gasteiger partial charge in [-0.3, -0.25) is 4.90 Å². The van der Waals surface area contributed by atoms with Gasteiger partial charge < -0.3 is 5.11 Å². The average Bonchev–Trinajstić information content (AvgIpc) is 2.44. The molecule has 1 fully saturated rings. The maximum Gasteiger partial charge on any atom is 0.0632 e. The maximum atomic E-state index is 10.1. The quantitative estimate of drug-likeness (QED) is 0.889. The number of hydrogen-bond acceptors (Lipinski definition) is 2. The van der Waals surface area contributed by atoms with E-state index in [0.29, 0.717) is 0 Å². The van der Waals surface area contributed by atoms with Gasteiger partial charge in [-0.15, -0.1) is 0 Å². The monoisotopic (exact) mass is 331 g/mol. The van der Waals surface area contributed by atoms with Gasteiger partial charge in [-0.05, 0) is 50.4 Å². The van der Waals surface area contributed by atoms with Crippen LogP contribution >= 0.6 is 27.5 Å². The van der Waals surface area contributed by atoms with E-state index in [1.165, 1.54) is 0 Å². The van der Waals surface area contributed by atoms with E-state index < -0.39 is 5.60 Å². The molecule has 1 aliphatic rings. The summed E-state index contributed by atoms with van der Waals surface area (Å²) in [6, 6.07) is 6.02. The minimum atomic E-state index is -0.502. The Labute approximate surface area is 122 Å². The summed E-state index contributed by atoms with van der Waals surface area (Å²) in [7, 11) is 0. The molecule has 0 aliphatic carbocycles. The number of aliphatic hydroxyl groups is 1. The molecular weight excluding hydrogens is 314 g/mol. The smallest absolute Gasteiger partial charge is 0.0632 e. The van der Waals surface area contributed by atoms with E-state index in [0.717, 1.165) is 54.0 Å². The second-order valence-corrected chi connectivity index (χ2v) is 6.69. The van der Waals surface area contributed by atoms with Gasteiger partial charge in [0, 0.05) is 22.6 Å². The Morgan fingerprint density at radius 3 is 2.89 bits per heavy atom. The Bertz CT molecular complexity index is 422. The van der Waals surface area contributed by atoms with Crippen molar-refractivity contribution in [2.24, 2.45) is 0 Å². The standard InChI is InChI=1S/C14H19BrClNO/c1-14(18)5-2-7-17(8-6-14)10-11-3-4-12(15)9-13(11)16/h3-4,9,18H,2,5-8,10H2,1H3. The van der Waals surface area contributed by atoms with E-state index in [1.807, 2.05) is 19.1 Å². The number of hydrogen-bond donors (Lipinski definition) is 1. The first kappa shape index (κ1) is 14.3. The Morgan fingerprint density at radius 1 is 1.39 bits per heavy atom. The lowest BCUT2D eigenvalue weighted by atomic mass is 9.98. The second kappa shape index (κ2) is 5.91. The number of halogens is 2.